The van der Waals surface area contributed by atoms with Crippen LogP contribution in [0.3, 0.4) is 0 Å². The molecule has 2 fully saturated rings. The molecule has 0 spiro atoms. The van der Waals surface area contributed by atoms with Crippen LogP contribution in [0.4, 0.5) is 0 Å². The van der Waals surface area contributed by atoms with Crippen LogP contribution >= 0.6 is 0 Å². The fraction of sp³-hybridized carbons (Fsp3) is 0.562. The molecule has 42 heavy (non-hydrogen) atoms. The maximum atomic E-state index is 5.40. The lowest BCUT2D eigenvalue weighted by Crippen LogP contribution is -3.00. The molecule has 2 aromatic carbocycles. The minimum absolute atomic E-state index is 0. The average Bonchev–Trinajstić information content (AvgIpc) is 3.56. The number of nitrogens with zero attached hydrogens (tertiary/aromatic N) is 6. The SMILES string of the molecule is CC(C)n1c[n+](CCN2CCOCC2)c2ccccc21.CC(C)n1c[n+](CCN2CCOCC2)c2ccccc21.[Br-].[Br-]. The molecule has 4 aromatic rings. The first kappa shape index (κ1) is 34.7. The molecule has 0 atom stereocenters. The molecule has 0 saturated carbocycles. The van der Waals surface area contributed by atoms with Crippen molar-refractivity contribution >= 4 is 22.1 Å². The van der Waals surface area contributed by atoms with Gasteiger partial charge in [0.05, 0.1) is 38.5 Å². The smallest absolute Gasteiger partial charge is 0.244 e. The molecule has 2 aromatic heterocycles. The predicted octanol–water partition coefficient (Wildman–Crippen LogP) is -2.31. The molecule has 232 valence electrons. The summed E-state index contributed by atoms with van der Waals surface area (Å²) in [6.07, 6.45) is 4.52. The van der Waals surface area contributed by atoms with Gasteiger partial charge >= 0.3 is 0 Å². The van der Waals surface area contributed by atoms with Crippen LogP contribution in [0.15, 0.2) is 61.2 Å². The first-order chi connectivity index (χ1) is 19.5. The molecular weight excluding hydrogens is 660 g/mol. The average molecular weight is 709 g/mol. The first-order valence-corrected chi connectivity index (χ1v) is 15.1. The van der Waals surface area contributed by atoms with E-state index >= 15 is 0 Å². The Bertz CT molecular complexity index is 1260. The zero-order chi connectivity index (χ0) is 27.9. The van der Waals surface area contributed by atoms with Crippen molar-refractivity contribution in [2.75, 3.05) is 65.7 Å². The highest BCUT2D eigenvalue weighted by Gasteiger charge is 2.20. The van der Waals surface area contributed by atoms with Gasteiger partial charge in [0.1, 0.15) is 13.1 Å². The van der Waals surface area contributed by atoms with Crippen molar-refractivity contribution in [1.29, 1.82) is 0 Å². The number of imidazole rings is 2. The fourth-order valence-electron chi connectivity index (χ4n) is 5.73. The van der Waals surface area contributed by atoms with Gasteiger partial charge in [-0.3, -0.25) is 9.80 Å². The molecule has 0 N–H and O–H groups in total. The second-order valence-electron chi connectivity index (χ2n) is 11.5. The van der Waals surface area contributed by atoms with Gasteiger partial charge in [0, 0.05) is 39.3 Å². The van der Waals surface area contributed by atoms with Gasteiger partial charge in [-0.1, -0.05) is 24.3 Å². The Morgan fingerprint density at radius 3 is 1.31 bits per heavy atom. The topological polar surface area (TPSA) is 42.6 Å². The van der Waals surface area contributed by atoms with Crippen molar-refractivity contribution < 1.29 is 52.6 Å². The molecule has 4 heterocycles. The molecule has 2 aliphatic heterocycles. The fourth-order valence-corrected chi connectivity index (χ4v) is 5.73. The summed E-state index contributed by atoms with van der Waals surface area (Å²) in [5.74, 6) is 0. The van der Waals surface area contributed by atoms with Gasteiger partial charge < -0.3 is 43.4 Å². The lowest BCUT2D eigenvalue weighted by molar-refractivity contribution is -0.672. The van der Waals surface area contributed by atoms with E-state index in [4.69, 9.17) is 9.47 Å². The largest absolute Gasteiger partial charge is 1.00 e. The maximum absolute atomic E-state index is 5.40. The van der Waals surface area contributed by atoms with Crippen molar-refractivity contribution in [3.8, 4) is 0 Å². The van der Waals surface area contributed by atoms with Crippen molar-refractivity contribution in [3.63, 3.8) is 0 Å². The van der Waals surface area contributed by atoms with E-state index < -0.39 is 0 Å². The van der Waals surface area contributed by atoms with Crippen molar-refractivity contribution in [2.24, 2.45) is 0 Å². The van der Waals surface area contributed by atoms with E-state index in [1.165, 1.54) is 22.1 Å². The number of fused-ring (bicyclic) bond motifs is 2. The van der Waals surface area contributed by atoms with Crippen LogP contribution in [0, 0.1) is 0 Å². The normalized spacial score (nSPS) is 16.3. The van der Waals surface area contributed by atoms with Gasteiger partial charge in [-0.15, -0.1) is 0 Å². The highest BCUT2D eigenvalue weighted by Crippen LogP contribution is 2.17. The molecule has 10 heteroatoms. The molecular formula is C32H48Br2N6O2. The van der Waals surface area contributed by atoms with Gasteiger partial charge in [0.25, 0.3) is 0 Å². The van der Waals surface area contributed by atoms with E-state index in [1.54, 1.807) is 0 Å². The summed E-state index contributed by atoms with van der Waals surface area (Å²) in [5, 5.41) is 0. The van der Waals surface area contributed by atoms with Crippen LogP contribution in [-0.2, 0) is 22.6 Å². The number of hydrogen-bond donors (Lipinski definition) is 0. The van der Waals surface area contributed by atoms with Crippen LogP contribution in [0.1, 0.15) is 39.8 Å². The Hall–Kier alpha value is -1.82. The van der Waals surface area contributed by atoms with E-state index in [0.29, 0.717) is 12.1 Å². The second-order valence-corrected chi connectivity index (χ2v) is 11.5. The molecule has 6 rings (SSSR count). The quantitative estimate of drug-likeness (QED) is 0.193. The number of para-hydroxylation sites is 4. The third kappa shape index (κ3) is 8.64. The van der Waals surface area contributed by atoms with Crippen molar-refractivity contribution in [3.05, 3.63) is 61.2 Å². The third-order valence-electron chi connectivity index (χ3n) is 8.10. The van der Waals surface area contributed by atoms with Gasteiger partial charge in [-0.25, -0.2) is 18.3 Å². The van der Waals surface area contributed by atoms with E-state index in [2.05, 4.69) is 117 Å². The van der Waals surface area contributed by atoms with Gasteiger partial charge in [-0.2, -0.15) is 0 Å². The van der Waals surface area contributed by atoms with Crippen LogP contribution < -0.4 is 43.1 Å². The van der Waals surface area contributed by atoms with Crippen molar-refractivity contribution in [1.82, 2.24) is 18.9 Å². The number of ether oxygens (including phenoxy) is 2. The van der Waals surface area contributed by atoms with Crippen molar-refractivity contribution in [2.45, 2.75) is 52.9 Å². The molecule has 2 aliphatic rings. The van der Waals surface area contributed by atoms with E-state index in [0.717, 1.165) is 78.8 Å². The summed E-state index contributed by atoms with van der Waals surface area (Å²) in [6, 6.07) is 18.3. The zero-order valence-corrected chi connectivity index (χ0v) is 28.8. The molecule has 0 amide bonds. The minimum Gasteiger partial charge on any atom is -1.00 e. The third-order valence-corrected chi connectivity index (χ3v) is 8.10. The predicted molar refractivity (Wildman–Crippen MR) is 160 cm³/mol. The number of rotatable bonds is 8. The zero-order valence-electron chi connectivity index (χ0n) is 25.7. The molecule has 8 nitrogen and oxygen atoms in total. The molecule has 0 aliphatic carbocycles. The molecule has 0 radical (unpaired) electrons. The van der Waals surface area contributed by atoms with Gasteiger partial charge in [0.2, 0.25) is 12.7 Å². The minimum atomic E-state index is 0. The highest BCUT2D eigenvalue weighted by atomic mass is 79.9. The Kier molecular flexibility index (Phi) is 13.9. The maximum Gasteiger partial charge on any atom is 0.244 e. The standard InChI is InChI=1S/2C16H24N3O.2BrH/c2*1-14(2)19-13-18(15-5-3-4-6-16(15)19)8-7-17-9-11-20-12-10-17;;/h2*3-6,13-14H,7-12H2,1-2H3;2*1H/q2*+1;;/p-2. The summed E-state index contributed by atoms with van der Waals surface area (Å²) in [7, 11) is 0. The van der Waals surface area contributed by atoms with Crippen LogP contribution in [0.2, 0.25) is 0 Å². The molecule has 0 bridgehead atoms. The second kappa shape index (κ2) is 16.9. The summed E-state index contributed by atoms with van der Waals surface area (Å²) in [6.45, 7) is 20.9. The number of aromatic nitrogens is 4. The molecule has 2 saturated heterocycles. The van der Waals surface area contributed by atoms with E-state index in [-0.39, 0.29) is 34.0 Å². The van der Waals surface area contributed by atoms with Gasteiger partial charge in [-0.05, 0) is 52.0 Å². The van der Waals surface area contributed by atoms with E-state index in [1.807, 2.05) is 0 Å². The Morgan fingerprint density at radius 2 is 0.952 bits per heavy atom. The van der Waals surface area contributed by atoms with Crippen LogP contribution in [-0.4, -0.2) is 84.6 Å². The monoisotopic (exact) mass is 706 g/mol. The summed E-state index contributed by atoms with van der Waals surface area (Å²) in [5.41, 5.74) is 5.30. The Labute approximate surface area is 272 Å². The number of hydrogen-bond acceptors (Lipinski definition) is 4. The lowest BCUT2D eigenvalue weighted by atomic mass is 10.3. The first-order valence-electron chi connectivity index (χ1n) is 15.1. The highest BCUT2D eigenvalue weighted by molar-refractivity contribution is 5.72. The Morgan fingerprint density at radius 1 is 0.595 bits per heavy atom. The molecule has 0 unspecified atom stereocenters. The number of benzene rings is 2. The lowest BCUT2D eigenvalue weighted by Gasteiger charge is -2.25. The van der Waals surface area contributed by atoms with Crippen LogP contribution in [0.25, 0.3) is 22.1 Å². The summed E-state index contributed by atoms with van der Waals surface area (Å²) in [4.78, 5) is 4.97. The van der Waals surface area contributed by atoms with Gasteiger partial charge in [0.15, 0.2) is 22.1 Å². The summed E-state index contributed by atoms with van der Waals surface area (Å²) < 4.78 is 20.3. The number of morpholine rings is 2. The van der Waals surface area contributed by atoms with E-state index in [9.17, 15) is 0 Å². The summed E-state index contributed by atoms with van der Waals surface area (Å²) >= 11 is 0. The number of halogens is 2. The Balaban J connectivity index is 0.000000220. The van der Waals surface area contributed by atoms with Crippen LogP contribution in [0.5, 0.6) is 0 Å².